The number of anilines is 2. The second-order valence-electron chi connectivity index (χ2n) is 6.03. The quantitative estimate of drug-likeness (QED) is 0.508. The van der Waals surface area contributed by atoms with E-state index in [1.807, 2.05) is 35.0 Å². The number of nitrogens with zero attached hydrogens (tertiary/aromatic N) is 3. The van der Waals surface area contributed by atoms with Gasteiger partial charge in [0, 0.05) is 27.5 Å². The van der Waals surface area contributed by atoms with E-state index in [-0.39, 0.29) is 12.0 Å². The second kappa shape index (κ2) is 5.32. The largest absolute Gasteiger partial charge is 0.373 e. The van der Waals surface area contributed by atoms with Gasteiger partial charge < -0.3 is 11.1 Å². The Morgan fingerprint density at radius 2 is 1.80 bits per heavy atom. The van der Waals surface area contributed by atoms with E-state index in [1.54, 1.807) is 0 Å². The lowest BCUT2D eigenvalue weighted by molar-refractivity contribution is 0.910. The van der Waals surface area contributed by atoms with E-state index >= 15 is 0 Å². The highest BCUT2D eigenvalue weighted by Crippen LogP contribution is 2.42. The molecule has 3 N–H and O–H groups in total. The predicted molar refractivity (Wildman–Crippen MR) is 102 cm³/mol. The van der Waals surface area contributed by atoms with Gasteiger partial charge in [-0.3, -0.25) is 0 Å². The average Bonchev–Trinajstić information content (AvgIpc) is 2.97. The number of aromatic nitrogens is 3. The van der Waals surface area contributed by atoms with Gasteiger partial charge in [0.05, 0.1) is 11.6 Å². The van der Waals surface area contributed by atoms with Crippen LogP contribution in [0.4, 0.5) is 11.6 Å². The smallest absolute Gasteiger partial charge is 0.238 e. The third kappa shape index (κ3) is 2.14. The topological polar surface area (TPSA) is 68.2 Å². The lowest BCUT2D eigenvalue weighted by atomic mass is 10.00. The van der Waals surface area contributed by atoms with Crippen molar-refractivity contribution in [1.82, 2.24) is 14.6 Å². The zero-order valence-corrected chi connectivity index (χ0v) is 14.7. The minimum absolute atomic E-state index is 0.0183. The van der Waals surface area contributed by atoms with Crippen LogP contribution in [0.2, 0.25) is 0 Å². The Hall–Kier alpha value is -2.86. The molecule has 0 saturated carbocycles. The summed E-state index contributed by atoms with van der Waals surface area (Å²) in [5.74, 6) is 0.263. The number of para-hydroxylation sites is 1. The normalized spacial score (nSPS) is 15.5. The Labute approximate surface area is 152 Å². The molecule has 1 unspecified atom stereocenters. The molecule has 3 heterocycles. The fourth-order valence-corrected chi connectivity index (χ4v) is 4.00. The van der Waals surface area contributed by atoms with Gasteiger partial charge in [0.2, 0.25) is 5.95 Å². The first-order valence-corrected chi connectivity index (χ1v) is 8.77. The fourth-order valence-electron chi connectivity index (χ4n) is 3.49. The molecule has 0 bridgehead atoms. The lowest BCUT2D eigenvalue weighted by Gasteiger charge is -2.20. The highest BCUT2D eigenvalue weighted by Gasteiger charge is 2.27. The van der Waals surface area contributed by atoms with Crippen molar-refractivity contribution in [2.75, 3.05) is 11.1 Å². The number of hydrogen-bond acceptors (Lipinski definition) is 4. The van der Waals surface area contributed by atoms with E-state index in [9.17, 15) is 0 Å². The van der Waals surface area contributed by atoms with Crippen molar-refractivity contribution in [1.29, 1.82) is 0 Å². The summed E-state index contributed by atoms with van der Waals surface area (Å²) in [4.78, 5) is 4.55. The van der Waals surface area contributed by atoms with Crippen LogP contribution < -0.4 is 11.1 Å². The van der Waals surface area contributed by atoms with Crippen LogP contribution in [0.1, 0.15) is 17.2 Å². The van der Waals surface area contributed by atoms with Crippen LogP contribution in [0.5, 0.6) is 0 Å². The van der Waals surface area contributed by atoms with Crippen LogP contribution in [0, 0.1) is 0 Å². The number of nitrogens with two attached hydrogens (primary N) is 1. The predicted octanol–water partition coefficient (Wildman–Crippen LogP) is 4.26. The Bertz CT molecular complexity index is 1120. The second-order valence-corrected chi connectivity index (χ2v) is 6.88. The number of hydrogen-bond donors (Lipinski definition) is 2. The first kappa shape index (κ1) is 14.5. The molecule has 0 spiro atoms. The third-order valence-electron chi connectivity index (χ3n) is 4.57. The minimum Gasteiger partial charge on any atom is -0.373 e. The van der Waals surface area contributed by atoms with Gasteiger partial charge in [-0.05, 0) is 23.8 Å². The average molecular weight is 392 g/mol. The van der Waals surface area contributed by atoms with Gasteiger partial charge in [0.25, 0.3) is 0 Å². The van der Waals surface area contributed by atoms with Gasteiger partial charge in [-0.15, -0.1) is 5.10 Å². The minimum atomic E-state index is -0.0183. The summed E-state index contributed by atoms with van der Waals surface area (Å²) in [5.41, 5.74) is 12.1. The van der Waals surface area contributed by atoms with Gasteiger partial charge in [-0.2, -0.15) is 0 Å². The SMILES string of the molecule is Nc1nc2c3c(ccn3n1)C(c1ccccc1Br)Nc1ccccc1-2. The van der Waals surface area contributed by atoms with Gasteiger partial charge in [0.15, 0.2) is 0 Å². The maximum Gasteiger partial charge on any atom is 0.238 e. The van der Waals surface area contributed by atoms with Crippen molar-refractivity contribution in [2.24, 2.45) is 0 Å². The number of halogens is 1. The first-order valence-electron chi connectivity index (χ1n) is 7.97. The zero-order chi connectivity index (χ0) is 17.0. The molecule has 0 radical (unpaired) electrons. The van der Waals surface area contributed by atoms with Crippen LogP contribution in [0.25, 0.3) is 16.8 Å². The maximum atomic E-state index is 5.94. The Kier molecular flexibility index (Phi) is 3.08. The molecule has 122 valence electrons. The van der Waals surface area contributed by atoms with Crippen molar-refractivity contribution in [3.63, 3.8) is 0 Å². The van der Waals surface area contributed by atoms with Crippen LogP contribution in [0.15, 0.2) is 65.3 Å². The Balaban J connectivity index is 1.88. The number of rotatable bonds is 1. The molecule has 4 aromatic rings. The van der Waals surface area contributed by atoms with Gasteiger partial charge in [-0.25, -0.2) is 9.50 Å². The summed E-state index contributed by atoms with van der Waals surface area (Å²) in [5, 5.41) is 8.03. The molecule has 0 aliphatic carbocycles. The Morgan fingerprint density at radius 1 is 1.00 bits per heavy atom. The molecular weight excluding hydrogens is 378 g/mol. The van der Waals surface area contributed by atoms with Gasteiger partial charge in [-0.1, -0.05) is 52.3 Å². The monoisotopic (exact) mass is 391 g/mol. The Morgan fingerprint density at radius 3 is 2.68 bits per heavy atom. The van der Waals surface area contributed by atoms with Crippen molar-refractivity contribution >= 4 is 33.1 Å². The zero-order valence-electron chi connectivity index (χ0n) is 13.1. The molecule has 0 saturated heterocycles. The molecule has 5 rings (SSSR count). The van der Waals surface area contributed by atoms with Crippen molar-refractivity contribution in [3.8, 4) is 11.3 Å². The summed E-state index contributed by atoms with van der Waals surface area (Å²) < 4.78 is 2.88. The summed E-state index contributed by atoms with van der Waals surface area (Å²) in [6, 6.07) is 18.5. The van der Waals surface area contributed by atoms with Gasteiger partial charge >= 0.3 is 0 Å². The number of nitrogens with one attached hydrogen (secondary N) is 1. The highest BCUT2D eigenvalue weighted by molar-refractivity contribution is 9.10. The van der Waals surface area contributed by atoms with E-state index in [0.29, 0.717) is 0 Å². The summed E-state index contributed by atoms with van der Waals surface area (Å²) in [6.07, 6.45) is 1.94. The molecule has 0 amide bonds. The van der Waals surface area contributed by atoms with Crippen LogP contribution in [-0.4, -0.2) is 14.6 Å². The molecular formula is C19H14BrN5. The first-order chi connectivity index (χ1) is 12.2. The molecule has 0 fully saturated rings. The van der Waals surface area contributed by atoms with Crippen LogP contribution >= 0.6 is 15.9 Å². The molecule has 25 heavy (non-hydrogen) atoms. The van der Waals surface area contributed by atoms with E-state index in [1.165, 1.54) is 0 Å². The van der Waals surface area contributed by atoms with Crippen molar-refractivity contribution in [2.45, 2.75) is 6.04 Å². The fraction of sp³-hybridized carbons (Fsp3) is 0.0526. The number of benzene rings is 2. The van der Waals surface area contributed by atoms with E-state index in [2.05, 4.69) is 61.7 Å². The molecule has 1 aliphatic heterocycles. The summed E-state index contributed by atoms with van der Waals surface area (Å²) in [6.45, 7) is 0. The van der Waals surface area contributed by atoms with Crippen molar-refractivity contribution in [3.05, 3.63) is 76.4 Å². The standard InChI is InChI=1S/C19H14BrN5/c20-14-7-3-1-5-11(14)16-13-9-10-25-18(13)17(23-19(21)24-25)12-6-2-4-8-15(12)22-16/h1-10,16,22H,(H2,21,24). The van der Waals surface area contributed by atoms with Crippen LogP contribution in [0.3, 0.4) is 0 Å². The number of nitrogen functional groups attached to an aromatic ring is 1. The highest BCUT2D eigenvalue weighted by atomic mass is 79.9. The molecule has 1 atom stereocenters. The lowest BCUT2D eigenvalue weighted by Crippen LogP contribution is -2.12. The number of fused-ring (bicyclic) bond motifs is 2. The van der Waals surface area contributed by atoms with E-state index < -0.39 is 0 Å². The summed E-state index contributed by atoms with van der Waals surface area (Å²) in [7, 11) is 0. The van der Waals surface area contributed by atoms with E-state index in [0.717, 1.165) is 38.1 Å². The van der Waals surface area contributed by atoms with Crippen molar-refractivity contribution < 1.29 is 0 Å². The molecule has 5 nitrogen and oxygen atoms in total. The molecule has 2 aromatic carbocycles. The third-order valence-corrected chi connectivity index (χ3v) is 5.29. The molecule has 2 aromatic heterocycles. The summed E-state index contributed by atoms with van der Waals surface area (Å²) >= 11 is 3.69. The maximum absolute atomic E-state index is 5.94. The molecule has 1 aliphatic rings. The molecule has 6 heteroatoms. The van der Waals surface area contributed by atoms with Gasteiger partial charge in [0.1, 0.15) is 5.69 Å². The van der Waals surface area contributed by atoms with E-state index in [4.69, 9.17) is 5.73 Å². The van der Waals surface area contributed by atoms with Crippen LogP contribution in [-0.2, 0) is 0 Å².